The minimum Gasteiger partial charge on any atom is -0.497 e. The van der Waals surface area contributed by atoms with E-state index in [0.717, 1.165) is 16.4 Å². The van der Waals surface area contributed by atoms with Crippen LogP contribution in [0.3, 0.4) is 0 Å². The molecule has 27 heavy (non-hydrogen) atoms. The number of benzene rings is 2. The molecule has 0 aromatic heterocycles. The van der Waals surface area contributed by atoms with Gasteiger partial charge in [0.2, 0.25) is 0 Å². The SMILES string of the molecule is C=C=CN(Cc1ccc(OC)cc1OC)S(=O)(=O)c1ccc([N+](=O)[O-])cc1. The van der Waals surface area contributed by atoms with Crippen LogP contribution in [-0.4, -0.2) is 31.9 Å². The minimum absolute atomic E-state index is 0.0466. The Bertz CT molecular complexity index is 979. The van der Waals surface area contributed by atoms with Gasteiger partial charge in [-0.25, -0.2) is 8.42 Å². The summed E-state index contributed by atoms with van der Waals surface area (Å²) in [4.78, 5) is 10.1. The molecule has 0 spiro atoms. The van der Waals surface area contributed by atoms with Gasteiger partial charge in [-0.15, -0.1) is 5.73 Å². The fourth-order valence-corrected chi connectivity index (χ4v) is 3.60. The Labute approximate surface area is 157 Å². The van der Waals surface area contributed by atoms with E-state index in [2.05, 4.69) is 12.3 Å². The molecular weight excluding hydrogens is 372 g/mol. The third kappa shape index (κ3) is 4.46. The Kier molecular flexibility index (Phi) is 6.23. The summed E-state index contributed by atoms with van der Waals surface area (Å²) in [5.41, 5.74) is 2.85. The van der Waals surface area contributed by atoms with Crippen LogP contribution in [0.15, 0.2) is 65.9 Å². The van der Waals surface area contributed by atoms with E-state index in [1.54, 1.807) is 18.2 Å². The van der Waals surface area contributed by atoms with Crippen LogP contribution in [0.4, 0.5) is 5.69 Å². The number of nitro groups is 1. The highest BCUT2D eigenvalue weighted by molar-refractivity contribution is 7.89. The van der Waals surface area contributed by atoms with Crippen molar-refractivity contribution in [2.45, 2.75) is 11.4 Å². The Morgan fingerprint density at radius 3 is 2.37 bits per heavy atom. The lowest BCUT2D eigenvalue weighted by atomic mass is 10.2. The molecule has 0 heterocycles. The third-order valence-electron chi connectivity index (χ3n) is 3.71. The van der Waals surface area contributed by atoms with Crippen LogP contribution >= 0.6 is 0 Å². The molecule has 0 saturated heterocycles. The summed E-state index contributed by atoms with van der Waals surface area (Å²) in [5, 5.41) is 10.8. The normalized spacial score (nSPS) is 10.6. The molecule has 0 fully saturated rings. The monoisotopic (exact) mass is 390 g/mol. The molecule has 0 N–H and O–H groups in total. The number of hydrogen-bond donors (Lipinski definition) is 0. The predicted molar refractivity (Wildman–Crippen MR) is 99.1 cm³/mol. The van der Waals surface area contributed by atoms with Crippen molar-refractivity contribution in [3.05, 3.63) is 76.7 Å². The van der Waals surface area contributed by atoms with Crippen LogP contribution in [0, 0.1) is 10.1 Å². The molecule has 0 atom stereocenters. The summed E-state index contributed by atoms with van der Waals surface area (Å²) >= 11 is 0. The molecule has 2 rings (SSSR count). The van der Waals surface area contributed by atoms with Crippen molar-refractivity contribution >= 4 is 15.7 Å². The first-order valence-electron chi connectivity index (χ1n) is 7.66. The molecule has 8 nitrogen and oxygen atoms in total. The van der Waals surface area contributed by atoms with Gasteiger partial charge in [-0.1, -0.05) is 6.58 Å². The van der Waals surface area contributed by atoms with Gasteiger partial charge in [-0.05, 0) is 24.3 Å². The van der Waals surface area contributed by atoms with Gasteiger partial charge in [0.15, 0.2) is 0 Å². The quantitative estimate of drug-likeness (QED) is 0.390. The molecule has 0 radical (unpaired) electrons. The second-order valence-electron chi connectivity index (χ2n) is 5.31. The zero-order valence-electron chi connectivity index (χ0n) is 14.8. The largest absolute Gasteiger partial charge is 0.497 e. The van der Waals surface area contributed by atoms with Gasteiger partial charge in [-0.2, -0.15) is 0 Å². The number of ether oxygens (including phenoxy) is 2. The zero-order valence-corrected chi connectivity index (χ0v) is 15.6. The standard InChI is InChI=1S/C18H18N2O6S/c1-4-11-19(13-14-5-8-16(25-2)12-18(14)26-3)27(23,24)17-9-6-15(7-10-17)20(21)22/h5-12H,1,13H2,2-3H3. The fourth-order valence-electron chi connectivity index (χ4n) is 2.33. The van der Waals surface area contributed by atoms with E-state index in [9.17, 15) is 18.5 Å². The van der Waals surface area contributed by atoms with Gasteiger partial charge in [0.1, 0.15) is 11.5 Å². The predicted octanol–water partition coefficient (Wildman–Crippen LogP) is 3.10. The lowest BCUT2D eigenvalue weighted by Gasteiger charge is -2.21. The fraction of sp³-hybridized carbons (Fsp3) is 0.167. The molecule has 9 heteroatoms. The second-order valence-corrected chi connectivity index (χ2v) is 7.20. The first kappa shape index (κ1) is 20.0. The molecule has 0 unspecified atom stereocenters. The van der Waals surface area contributed by atoms with Gasteiger partial charge in [-0.3, -0.25) is 14.4 Å². The number of rotatable bonds is 8. The maximum atomic E-state index is 12.9. The first-order valence-corrected chi connectivity index (χ1v) is 9.10. The van der Waals surface area contributed by atoms with Crippen LogP contribution in [0.5, 0.6) is 11.5 Å². The molecule has 0 aliphatic heterocycles. The number of methoxy groups -OCH3 is 2. The summed E-state index contributed by atoms with van der Waals surface area (Å²) in [7, 11) is -0.995. The molecule has 0 aliphatic rings. The van der Waals surface area contributed by atoms with Crippen molar-refractivity contribution in [3.8, 4) is 11.5 Å². The van der Waals surface area contributed by atoms with Crippen molar-refractivity contribution in [2.24, 2.45) is 0 Å². The summed E-state index contributed by atoms with van der Waals surface area (Å²) in [6, 6.07) is 9.65. The molecule has 0 aliphatic carbocycles. The second kappa shape index (κ2) is 8.39. The Morgan fingerprint density at radius 2 is 1.85 bits per heavy atom. The van der Waals surface area contributed by atoms with Crippen molar-refractivity contribution in [2.75, 3.05) is 14.2 Å². The number of nitro benzene ring substituents is 1. The van der Waals surface area contributed by atoms with E-state index in [1.165, 1.54) is 32.6 Å². The summed E-state index contributed by atoms with van der Waals surface area (Å²) < 4.78 is 37.3. The smallest absolute Gasteiger partial charge is 0.269 e. The van der Waals surface area contributed by atoms with E-state index >= 15 is 0 Å². The van der Waals surface area contributed by atoms with E-state index in [4.69, 9.17) is 9.47 Å². The topological polar surface area (TPSA) is 99.0 Å². The molecule has 0 amide bonds. The molecule has 2 aromatic carbocycles. The van der Waals surface area contributed by atoms with Gasteiger partial charge >= 0.3 is 0 Å². The highest BCUT2D eigenvalue weighted by Gasteiger charge is 2.24. The number of sulfonamides is 1. The zero-order chi connectivity index (χ0) is 20.0. The Balaban J connectivity index is 2.41. The summed E-state index contributed by atoms with van der Waals surface area (Å²) in [5.74, 6) is 1.02. The Morgan fingerprint density at radius 1 is 1.19 bits per heavy atom. The lowest BCUT2D eigenvalue weighted by molar-refractivity contribution is -0.384. The number of nitrogens with zero attached hydrogens (tertiary/aromatic N) is 2. The molecule has 2 aromatic rings. The van der Waals surface area contributed by atoms with Gasteiger partial charge < -0.3 is 9.47 Å². The maximum Gasteiger partial charge on any atom is 0.269 e. The number of hydrogen-bond acceptors (Lipinski definition) is 6. The van der Waals surface area contributed by atoms with Crippen molar-refractivity contribution in [3.63, 3.8) is 0 Å². The average Bonchev–Trinajstić information content (AvgIpc) is 2.67. The van der Waals surface area contributed by atoms with Gasteiger partial charge in [0, 0.05) is 23.8 Å². The van der Waals surface area contributed by atoms with Crippen molar-refractivity contribution < 1.29 is 22.8 Å². The molecule has 0 saturated carbocycles. The van der Waals surface area contributed by atoms with Crippen LogP contribution < -0.4 is 9.47 Å². The van der Waals surface area contributed by atoms with Crippen LogP contribution in [0.25, 0.3) is 0 Å². The van der Waals surface area contributed by atoms with Gasteiger partial charge in [0.25, 0.3) is 15.7 Å². The van der Waals surface area contributed by atoms with E-state index in [-0.39, 0.29) is 17.1 Å². The lowest BCUT2D eigenvalue weighted by Crippen LogP contribution is -2.25. The number of non-ortho nitro benzene ring substituents is 1. The average molecular weight is 390 g/mol. The van der Waals surface area contributed by atoms with Crippen LogP contribution in [-0.2, 0) is 16.6 Å². The maximum absolute atomic E-state index is 12.9. The summed E-state index contributed by atoms with van der Waals surface area (Å²) in [6.07, 6.45) is 1.19. The van der Waals surface area contributed by atoms with E-state index < -0.39 is 14.9 Å². The summed E-state index contributed by atoms with van der Waals surface area (Å²) in [6.45, 7) is 3.38. The molecule has 142 valence electrons. The van der Waals surface area contributed by atoms with Crippen LogP contribution in [0.1, 0.15) is 5.56 Å². The van der Waals surface area contributed by atoms with E-state index in [0.29, 0.717) is 17.1 Å². The van der Waals surface area contributed by atoms with Crippen molar-refractivity contribution in [1.82, 2.24) is 4.31 Å². The highest BCUT2D eigenvalue weighted by Crippen LogP contribution is 2.28. The Hall–Kier alpha value is -3.29. The third-order valence-corrected chi connectivity index (χ3v) is 5.43. The van der Waals surface area contributed by atoms with Crippen LogP contribution in [0.2, 0.25) is 0 Å². The minimum atomic E-state index is -3.98. The molecular formula is C18H18N2O6S. The highest BCUT2D eigenvalue weighted by atomic mass is 32.2. The van der Waals surface area contributed by atoms with Crippen molar-refractivity contribution in [1.29, 1.82) is 0 Å². The van der Waals surface area contributed by atoms with Gasteiger partial charge in [0.05, 0.1) is 36.8 Å². The first-order chi connectivity index (χ1) is 12.8. The van der Waals surface area contributed by atoms with E-state index in [1.807, 2.05) is 0 Å². The molecule has 0 bridgehead atoms.